The summed E-state index contributed by atoms with van der Waals surface area (Å²) < 4.78 is 2.18. The zero-order valence-corrected chi connectivity index (χ0v) is 18.7. The highest BCUT2D eigenvalue weighted by Crippen LogP contribution is 2.40. The fourth-order valence-corrected chi connectivity index (χ4v) is 3.74. The molecular weight excluding hydrogens is 476 g/mol. The Morgan fingerprint density at radius 2 is 0.852 bits per heavy atom. The third kappa shape index (κ3) is 4.32. The molecular formula is C24H16Br2Si. The molecule has 0 heterocycles. The van der Waals surface area contributed by atoms with Gasteiger partial charge in [0.15, 0.2) is 0 Å². The lowest BCUT2D eigenvalue weighted by Gasteiger charge is -2.16. The van der Waals surface area contributed by atoms with Gasteiger partial charge in [-0.3, -0.25) is 0 Å². The van der Waals surface area contributed by atoms with E-state index in [2.05, 4.69) is 129 Å². The molecule has 0 aliphatic heterocycles. The highest BCUT2D eigenvalue weighted by molar-refractivity contribution is 9.10. The molecule has 4 aromatic carbocycles. The molecule has 130 valence electrons. The highest BCUT2D eigenvalue weighted by atomic mass is 79.9. The van der Waals surface area contributed by atoms with E-state index in [1.807, 2.05) is 0 Å². The van der Waals surface area contributed by atoms with Crippen molar-refractivity contribution in [2.75, 3.05) is 0 Å². The van der Waals surface area contributed by atoms with Crippen molar-refractivity contribution < 1.29 is 0 Å². The summed E-state index contributed by atoms with van der Waals surface area (Å²) in [6.45, 7) is 0. The van der Waals surface area contributed by atoms with E-state index in [9.17, 15) is 0 Å². The predicted octanol–water partition coefficient (Wildman–Crippen LogP) is 7.83. The highest BCUT2D eigenvalue weighted by Gasteiger charge is 2.13. The van der Waals surface area contributed by atoms with Crippen LogP contribution in [0, 0.1) is 0 Å². The largest absolute Gasteiger partial charge is 0.0622 e. The van der Waals surface area contributed by atoms with Gasteiger partial charge in [0.05, 0.1) is 0 Å². The Labute approximate surface area is 181 Å². The monoisotopic (exact) mass is 490 g/mol. The van der Waals surface area contributed by atoms with Gasteiger partial charge in [0, 0.05) is 19.9 Å². The maximum absolute atomic E-state index is 3.55. The third-order valence-corrected chi connectivity index (χ3v) is 5.49. The van der Waals surface area contributed by atoms with Gasteiger partial charge in [0.25, 0.3) is 0 Å². The van der Waals surface area contributed by atoms with Crippen molar-refractivity contribution in [1.82, 2.24) is 0 Å². The Balaban J connectivity index is 0.00000210. The molecule has 3 heteroatoms. The van der Waals surface area contributed by atoms with Crippen LogP contribution in [0.2, 0.25) is 0 Å². The Kier molecular flexibility index (Phi) is 6.48. The molecule has 0 atom stereocenters. The van der Waals surface area contributed by atoms with Crippen molar-refractivity contribution in [2.24, 2.45) is 0 Å². The van der Waals surface area contributed by atoms with Crippen LogP contribution in [0.1, 0.15) is 0 Å². The van der Waals surface area contributed by atoms with Crippen LogP contribution in [0.15, 0.2) is 106 Å². The first-order valence-corrected chi connectivity index (χ1v) is 10.0. The minimum Gasteiger partial charge on any atom is -0.0622 e. The summed E-state index contributed by atoms with van der Waals surface area (Å²) in [5, 5.41) is 0. The molecule has 4 aromatic rings. The zero-order chi connectivity index (χ0) is 17.9. The summed E-state index contributed by atoms with van der Waals surface area (Å²) in [6, 6.07) is 34.2. The normalized spacial score (nSPS) is 10.3. The zero-order valence-electron chi connectivity index (χ0n) is 14.5. The van der Waals surface area contributed by atoms with Gasteiger partial charge >= 0.3 is 0 Å². The van der Waals surface area contributed by atoms with Crippen LogP contribution in [-0.4, -0.2) is 11.0 Å². The molecule has 0 aliphatic carbocycles. The average Bonchev–Trinajstić information content (AvgIpc) is 2.69. The van der Waals surface area contributed by atoms with E-state index in [0.29, 0.717) is 0 Å². The van der Waals surface area contributed by atoms with Gasteiger partial charge in [0.1, 0.15) is 0 Å². The third-order valence-electron chi connectivity index (χ3n) is 4.44. The number of benzene rings is 4. The summed E-state index contributed by atoms with van der Waals surface area (Å²) in [4.78, 5) is 0. The second-order valence-corrected chi connectivity index (χ2v) is 7.94. The van der Waals surface area contributed by atoms with Gasteiger partial charge in [-0.2, -0.15) is 0 Å². The lowest BCUT2D eigenvalue weighted by atomic mass is 9.88. The quantitative estimate of drug-likeness (QED) is 0.256. The van der Waals surface area contributed by atoms with Crippen molar-refractivity contribution in [1.29, 1.82) is 0 Å². The Morgan fingerprint density at radius 3 is 1.37 bits per heavy atom. The van der Waals surface area contributed by atoms with E-state index in [4.69, 9.17) is 0 Å². The Hall–Kier alpha value is -1.94. The van der Waals surface area contributed by atoms with Crippen molar-refractivity contribution in [3.63, 3.8) is 0 Å². The standard InChI is InChI=1S/C24H16Br2.Si/c25-20-13-9-18(10-14-20)23-8-4-7-22(17-5-2-1-3-6-17)24(23)19-11-15-21(26)16-12-19;/h1-16H;. The van der Waals surface area contributed by atoms with Crippen molar-refractivity contribution >= 4 is 42.8 Å². The molecule has 0 fully saturated rings. The summed E-state index contributed by atoms with van der Waals surface area (Å²) >= 11 is 7.08. The summed E-state index contributed by atoms with van der Waals surface area (Å²) in [5.41, 5.74) is 7.39. The van der Waals surface area contributed by atoms with E-state index in [-0.39, 0.29) is 11.0 Å². The molecule has 27 heavy (non-hydrogen) atoms. The molecule has 0 nitrogen and oxygen atoms in total. The van der Waals surface area contributed by atoms with Gasteiger partial charge in [-0.05, 0) is 57.6 Å². The summed E-state index contributed by atoms with van der Waals surface area (Å²) in [7, 11) is 0. The maximum Gasteiger partial charge on any atom is 0.0175 e. The van der Waals surface area contributed by atoms with Crippen LogP contribution >= 0.6 is 31.9 Å². The first-order valence-electron chi connectivity index (χ1n) is 8.43. The maximum atomic E-state index is 3.55. The first-order chi connectivity index (χ1) is 12.7. The lowest BCUT2D eigenvalue weighted by Crippen LogP contribution is -1.90. The molecule has 0 saturated heterocycles. The smallest absolute Gasteiger partial charge is 0.0175 e. The summed E-state index contributed by atoms with van der Waals surface area (Å²) in [6.07, 6.45) is 0. The molecule has 0 amide bonds. The van der Waals surface area contributed by atoms with Crippen molar-refractivity contribution in [2.45, 2.75) is 0 Å². The van der Waals surface area contributed by atoms with Gasteiger partial charge in [-0.15, -0.1) is 0 Å². The van der Waals surface area contributed by atoms with Gasteiger partial charge < -0.3 is 0 Å². The van der Waals surface area contributed by atoms with Gasteiger partial charge in [0.2, 0.25) is 0 Å². The summed E-state index contributed by atoms with van der Waals surface area (Å²) in [5.74, 6) is 0. The van der Waals surface area contributed by atoms with Crippen LogP contribution in [0.4, 0.5) is 0 Å². The second kappa shape index (κ2) is 8.83. The van der Waals surface area contributed by atoms with Crippen molar-refractivity contribution in [3.8, 4) is 33.4 Å². The molecule has 0 N–H and O–H groups in total. The van der Waals surface area contributed by atoms with Crippen LogP contribution in [0.5, 0.6) is 0 Å². The molecule has 0 bridgehead atoms. The second-order valence-electron chi connectivity index (χ2n) is 6.11. The van der Waals surface area contributed by atoms with Gasteiger partial charge in [-0.1, -0.05) is 105 Å². The molecule has 0 aliphatic rings. The predicted molar refractivity (Wildman–Crippen MR) is 124 cm³/mol. The van der Waals surface area contributed by atoms with Gasteiger partial charge in [-0.25, -0.2) is 0 Å². The SMILES string of the molecule is Brc1ccc(-c2cccc(-c3ccccc3)c2-c2ccc(Br)cc2)cc1.[Si]. The van der Waals surface area contributed by atoms with Crippen LogP contribution < -0.4 is 0 Å². The molecule has 0 aromatic heterocycles. The van der Waals surface area contributed by atoms with E-state index < -0.39 is 0 Å². The van der Waals surface area contributed by atoms with Crippen LogP contribution in [-0.2, 0) is 0 Å². The number of hydrogen-bond acceptors (Lipinski definition) is 0. The average molecular weight is 492 g/mol. The minimum absolute atomic E-state index is 0. The fourth-order valence-electron chi connectivity index (χ4n) is 3.21. The molecule has 0 unspecified atom stereocenters. The fraction of sp³-hybridized carbons (Fsp3) is 0. The van der Waals surface area contributed by atoms with E-state index in [1.54, 1.807) is 0 Å². The molecule has 4 radical (unpaired) electrons. The van der Waals surface area contributed by atoms with Crippen molar-refractivity contribution in [3.05, 3.63) is 106 Å². The lowest BCUT2D eigenvalue weighted by molar-refractivity contribution is 1.54. The topological polar surface area (TPSA) is 0 Å². The van der Waals surface area contributed by atoms with E-state index in [0.717, 1.165) is 8.95 Å². The number of halogens is 2. The molecule has 0 spiro atoms. The minimum atomic E-state index is 0. The molecule has 4 rings (SSSR count). The number of hydrogen-bond donors (Lipinski definition) is 0. The van der Waals surface area contributed by atoms with E-state index >= 15 is 0 Å². The van der Waals surface area contributed by atoms with Crippen LogP contribution in [0.3, 0.4) is 0 Å². The Morgan fingerprint density at radius 1 is 0.407 bits per heavy atom. The number of rotatable bonds is 3. The van der Waals surface area contributed by atoms with E-state index in [1.165, 1.54) is 33.4 Å². The Bertz CT molecular complexity index is 1020. The molecule has 0 saturated carbocycles. The van der Waals surface area contributed by atoms with Crippen LogP contribution in [0.25, 0.3) is 33.4 Å². The first kappa shape index (κ1) is 19.8.